The van der Waals surface area contributed by atoms with Crippen molar-refractivity contribution < 1.29 is 14.7 Å². The monoisotopic (exact) mass is 212 g/mol. The van der Waals surface area contributed by atoms with Crippen molar-refractivity contribution in [2.24, 2.45) is 17.6 Å². The summed E-state index contributed by atoms with van der Waals surface area (Å²) in [7, 11) is 0. The zero-order valence-corrected chi connectivity index (χ0v) is 8.86. The molecule has 4 N–H and O–H groups in total. The summed E-state index contributed by atoms with van der Waals surface area (Å²) in [4.78, 5) is 22.2. The number of nitrogens with one attached hydrogen (secondary N) is 1. The Morgan fingerprint density at radius 2 is 2.27 bits per heavy atom. The van der Waals surface area contributed by atoms with Crippen LogP contribution in [-0.4, -0.2) is 23.0 Å². The third kappa shape index (κ3) is 2.56. The van der Waals surface area contributed by atoms with Gasteiger partial charge in [0, 0.05) is 6.20 Å². The fourth-order valence-electron chi connectivity index (χ4n) is 1.65. The van der Waals surface area contributed by atoms with Crippen LogP contribution < -0.4 is 11.1 Å². The molecule has 1 unspecified atom stereocenters. The number of hydrogen-bond donors (Lipinski definition) is 3. The molecule has 1 aliphatic heterocycles. The lowest BCUT2D eigenvalue weighted by atomic mass is 9.88. The maximum absolute atomic E-state index is 11.1. The Morgan fingerprint density at radius 3 is 2.60 bits per heavy atom. The molecule has 0 saturated carbocycles. The van der Waals surface area contributed by atoms with Gasteiger partial charge in [0.15, 0.2) is 0 Å². The highest BCUT2D eigenvalue weighted by molar-refractivity contribution is 5.91. The summed E-state index contributed by atoms with van der Waals surface area (Å²) in [6.07, 6.45) is 1.91. The zero-order valence-electron chi connectivity index (χ0n) is 8.86. The highest BCUT2D eigenvalue weighted by atomic mass is 16.4. The first kappa shape index (κ1) is 11.7. The smallest absolute Gasteiger partial charge is 0.310 e. The summed E-state index contributed by atoms with van der Waals surface area (Å²) in [5, 5.41) is 11.5. The number of aliphatic carboxylic acids is 1. The number of carbonyl (C=O) groups is 2. The van der Waals surface area contributed by atoms with Gasteiger partial charge in [0.2, 0.25) is 5.91 Å². The largest absolute Gasteiger partial charge is 0.481 e. The van der Waals surface area contributed by atoms with Crippen molar-refractivity contribution in [3.63, 3.8) is 0 Å². The van der Waals surface area contributed by atoms with E-state index in [9.17, 15) is 9.59 Å². The van der Waals surface area contributed by atoms with Crippen molar-refractivity contribution in [3.8, 4) is 0 Å². The molecular weight excluding hydrogens is 196 g/mol. The van der Waals surface area contributed by atoms with E-state index in [0.29, 0.717) is 12.0 Å². The lowest BCUT2D eigenvalue weighted by Gasteiger charge is -2.17. The standard InChI is InChI=1S/C10H16N2O3/c1-5(2)3-6(10(14)15)7-4-12-9(13)8(7)11/h4-6,8H,3,11H2,1-2H3,(H,12,13)(H,14,15)/t6-,8?/m1/s1. The van der Waals surface area contributed by atoms with Gasteiger partial charge in [-0.1, -0.05) is 13.8 Å². The van der Waals surface area contributed by atoms with Crippen LogP contribution in [-0.2, 0) is 9.59 Å². The van der Waals surface area contributed by atoms with Crippen molar-refractivity contribution in [1.29, 1.82) is 0 Å². The fourth-order valence-corrected chi connectivity index (χ4v) is 1.65. The predicted molar refractivity (Wildman–Crippen MR) is 54.8 cm³/mol. The Balaban J connectivity index is 2.81. The average molecular weight is 212 g/mol. The molecule has 1 rings (SSSR count). The Kier molecular flexibility index (Phi) is 3.47. The van der Waals surface area contributed by atoms with E-state index in [-0.39, 0.29) is 11.8 Å². The molecule has 0 aromatic rings. The van der Waals surface area contributed by atoms with Gasteiger partial charge >= 0.3 is 5.97 Å². The van der Waals surface area contributed by atoms with E-state index in [1.165, 1.54) is 6.20 Å². The third-order valence-electron chi connectivity index (χ3n) is 2.43. The second-order valence-electron chi connectivity index (χ2n) is 4.15. The van der Waals surface area contributed by atoms with Crippen LogP contribution in [0.4, 0.5) is 0 Å². The lowest BCUT2D eigenvalue weighted by Crippen LogP contribution is -2.36. The molecule has 1 heterocycles. The number of nitrogens with two attached hydrogens (primary N) is 1. The first-order valence-electron chi connectivity index (χ1n) is 4.92. The van der Waals surface area contributed by atoms with Crippen LogP contribution in [0.3, 0.4) is 0 Å². The number of carboxylic acids is 1. The molecule has 0 radical (unpaired) electrons. The Morgan fingerprint density at radius 1 is 1.67 bits per heavy atom. The predicted octanol–water partition coefficient (Wildman–Crippen LogP) is 0.0743. The molecule has 0 aliphatic carbocycles. The minimum absolute atomic E-state index is 0.245. The summed E-state index contributed by atoms with van der Waals surface area (Å²) in [5.74, 6) is -1.68. The van der Waals surface area contributed by atoms with Gasteiger partial charge in [0.05, 0.1) is 5.92 Å². The van der Waals surface area contributed by atoms with Crippen LogP contribution in [0.2, 0.25) is 0 Å². The van der Waals surface area contributed by atoms with Gasteiger partial charge < -0.3 is 16.2 Å². The van der Waals surface area contributed by atoms with E-state index in [4.69, 9.17) is 10.8 Å². The van der Waals surface area contributed by atoms with E-state index in [1.54, 1.807) is 0 Å². The van der Waals surface area contributed by atoms with Gasteiger partial charge in [0.1, 0.15) is 6.04 Å². The Bertz CT molecular complexity index is 310. The topological polar surface area (TPSA) is 92.4 Å². The molecule has 5 nitrogen and oxygen atoms in total. The van der Waals surface area contributed by atoms with Crippen LogP contribution in [0, 0.1) is 11.8 Å². The Hall–Kier alpha value is -1.36. The highest BCUT2D eigenvalue weighted by Gasteiger charge is 2.33. The number of hydrogen-bond acceptors (Lipinski definition) is 3. The molecule has 1 amide bonds. The second kappa shape index (κ2) is 4.44. The number of amides is 1. The van der Waals surface area contributed by atoms with Crippen LogP contribution >= 0.6 is 0 Å². The van der Waals surface area contributed by atoms with E-state index in [2.05, 4.69) is 5.32 Å². The number of rotatable bonds is 4. The molecule has 0 aromatic carbocycles. The van der Waals surface area contributed by atoms with Crippen LogP contribution in [0.1, 0.15) is 20.3 Å². The molecule has 84 valence electrons. The van der Waals surface area contributed by atoms with Crippen molar-refractivity contribution in [2.75, 3.05) is 0 Å². The van der Waals surface area contributed by atoms with E-state index in [0.717, 1.165) is 0 Å². The average Bonchev–Trinajstić information content (AvgIpc) is 2.44. The van der Waals surface area contributed by atoms with Crippen molar-refractivity contribution in [2.45, 2.75) is 26.3 Å². The van der Waals surface area contributed by atoms with Crippen LogP contribution in [0.15, 0.2) is 11.8 Å². The van der Waals surface area contributed by atoms with Gasteiger partial charge in [-0.15, -0.1) is 0 Å². The molecule has 1 aliphatic rings. The Labute approximate surface area is 88.3 Å². The first-order valence-corrected chi connectivity index (χ1v) is 4.92. The summed E-state index contributed by atoms with van der Waals surface area (Å²) >= 11 is 0. The highest BCUT2D eigenvalue weighted by Crippen LogP contribution is 2.24. The van der Waals surface area contributed by atoms with Crippen molar-refractivity contribution in [3.05, 3.63) is 11.8 Å². The molecule has 15 heavy (non-hydrogen) atoms. The molecular formula is C10H16N2O3. The van der Waals surface area contributed by atoms with Gasteiger partial charge in [0.25, 0.3) is 0 Å². The summed E-state index contributed by atoms with van der Waals surface area (Å²) in [6, 6.07) is -0.815. The van der Waals surface area contributed by atoms with Gasteiger partial charge in [-0.25, -0.2) is 0 Å². The molecule has 0 spiro atoms. The van der Waals surface area contributed by atoms with E-state index in [1.807, 2.05) is 13.8 Å². The summed E-state index contributed by atoms with van der Waals surface area (Å²) < 4.78 is 0. The van der Waals surface area contributed by atoms with E-state index < -0.39 is 17.9 Å². The summed E-state index contributed by atoms with van der Waals surface area (Å²) in [6.45, 7) is 3.87. The first-order chi connectivity index (χ1) is 6.93. The zero-order chi connectivity index (χ0) is 11.6. The van der Waals surface area contributed by atoms with Crippen LogP contribution in [0.25, 0.3) is 0 Å². The van der Waals surface area contributed by atoms with Crippen molar-refractivity contribution >= 4 is 11.9 Å². The minimum Gasteiger partial charge on any atom is -0.481 e. The minimum atomic E-state index is -0.929. The molecule has 0 aromatic heterocycles. The third-order valence-corrected chi connectivity index (χ3v) is 2.43. The quantitative estimate of drug-likeness (QED) is 0.615. The summed E-state index contributed by atoms with van der Waals surface area (Å²) in [5.41, 5.74) is 6.07. The molecule has 0 fully saturated rings. The normalized spacial score (nSPS) is 22.5. The number of carboxylic acid groups (broad SMARTS) is 1. The van der Waals surface area contributed by atoms with Gasteiger partial charge in [-0.3, -0.25) is 9.59 Å². The van der Waals surface area contributed by atoms with Crippen molar-refractivity contribution in [1.82, 2.24) is 5.32 Å². The molecule has 2 atom stereocenters. The maximum Gasteiger partial charge on any atom is 0.310 e. The van der Waals surface area contributed by atoms with Gasteiger partial charge in [-0.2, -0.15) is 0 Å². The fraction of sp³-hybridized carbons (Fsp3) is 0.600. The molecule has 0 bridgehead atoms. The lowest BCUT2D eigenvalue weighted by molar-refractivity contribution is -0.141. The van der Waals surface area contributed by atoms with Crippen LogP contribution in [0.5, 0.6) is 0 Å². The second-order valence-corrected chi connectivity index (χ2v) is 4.15. The number of carbonyl (C=O) groups excluding carboxylic acids is 1. The molecule has 0 saturated heterocycles. The van der Waals surface area contributed by atoms with Gasteiger partial charge in [-0.05, 0) is 17.9 Å². The molecule has 5 heteroatoms. The van der Waals surface area contributed by atoms with E-state index >= 15 is 0 Å². The SMILES string of the molecule is CC(C)C[C@@H](C(=O)O)C1=CNC(=O)C1N. The maximum atomic E-state index is 11.1.